The van der Waals surface area contributed by atoms with E-state index in [1.54, 1.807) is 19.2 Å². The molecule has 25 heavy (non-hydrogen) atoms. The van der Waals surface area contributed by atoms with Gasteiger partial charge in [-0.3, -0.25) is 9.79 Å². The van der Waals surface area contributed by atoms with Crippen molar-refractivity contribution in [3.05, 3.63) is 59.9 Å². The van der Waals surface area contributed by atoms with Gasteiger partial charge in [0.2, 0.25) is 5.91 Å². The summed E-state index contributed by atoms with van der Waals surface area (Å²) in [7, 11) is 1.60. The Morgan fingerprint density at radius 3 is 2.68 bits per heavy atom. The summed E-state index contributed by atoms with van der Waals surface area (Å²) in [5.74, 6) is 0.460. The van der Waals surface area contributed by atoms with E-state index < -0.39 is 0 Å². The summed E-state index contributed by atoms with van der Waals surface area (Å²) in [6.45, 7) is 0.684. The van der Waals surface area contributed by atoms with Gasteiger partial charge in [-0.05, 0) is 42.0 Å². The summed E-state index contributed by atoms with van der Waals surface area (Å²) < 4.78 is 18.1. The maximum Gasteiger partial charge on any atom is 0.224 e. The highest BCUT2D eigenvalue weighted by Crippen LogP contribution is 2.14. The molecule has 0 heterocycles. The molecule has 0 aromatic heterocycles. The predicted molar refractivity (Wildman–Crippen MR) is 96.2 cm³/mol. The van der Waals surface area contributed by atoms with E-state index in [0.29, 0.717) is 18.7 Å². The van der Waals surface area contributed by atoms with Gasteiger partial charge in [0.15, 0.2) is 5.96 Å². The number of ether oxygens (including phenoxy) is 1. The molecule has 2 aromatic carbocycles. The van der Waals surface area contributed by atoms with Gasteiger partial charge >= 0.3 is 0 Å². The van der Waals surface area contributed by atoms with Gasteiger partial charge in [-0.1, -0.05) is 12.1 Å². The van der Waals surface area contributed by atoms with E-state index in [2.05, 4.69) is 15.6 Å². The molecular formula is C18H21FN4O2. The Morgan fingerprint density at radius 1 is 1.24 bits per heavy atom. The molecule has 0 aliphatic carbocycles. The number of rotatable bonds is 7. The molecule has 132 valence electrons. The number of nitrogens with zero attached hydrogens (tertiary/aromatic N) is 1. The Balaban J connectivity index is 1.71. The van der Waals surface area contributed by atoms with Crippen LogP contribution < -0.4 is 21.1 Å². The van der Waals surface area contributed by atoms with Crippen LogP contribution in [-0.2, 0) is 11.2 Å². The summed E-state index contributed by atoms with van der Waals surface area (Å²) in [4.78, 5) is 15.9. The lowest BCUT2D eigenvalue weighted by Crippen LogP contribution is -2.29. The van der Waals surface area contributed by atoms with Crippen molar-refractivity contribution in [2.24, 2.45) is 10.7 Å². The molecular weight excluding hydrogens is 323 g/mol. The highest BCUT2D eigenvalue weighted by atomic mass is 19.1. The number of nitrogens with one attached hydrogen (secondary N) is 2. The van der Waals surface area contributed by atoms with Gasteiger partial charge in [0.05, 0.1) is 20.1 Å². The lowest BCUT2D eigenvalue weighted by Gasteiger charge is -2.07. The topological polar surface area (TPSA) is 88.7 Å². The first kappa shape index (κ1) is 18.3. The van der Waals surface area contributed by atoms with Crippen LogP contribution in [0.25, 0.3) is 0 Å². The Morgan fingerprint density at radius 2 is 2.00 bits per heavy atom. The number of benzene rings is 2. The number of guanidine groups is 1. The molecule has 0 bridgehead atoms. The summed E-state index contributed by atoms with van der Waals surface area (Å²) in [6.07, 6.45) is 0.126. The molecule has 0 aliphatic rings. The number of nitrogens with two attached hydrogens (primary N) is 1. The van der Waals surface area contributed by atoms with Crippen LogP contribution in [0.15, 0.2) is 53.5 Å². The first-order valence-electron chi connectivity index (χ1n) is 7.79. The number of anilines is 1. The highest BCUT2D eigenvalue weighted by molar-refractivity contribution is 5.92. The Hall–Kier alpha value is -3.09. The van der Waals surface area contributed by atoms with Crippen LogP contribution in [0.1, 0.15) is 5.56 Å². The van der Waals surface area contributed by atoms with Gasteiger partial charge in [-0.25, -0.2) is 4.39 Å². The largest absolute Gasteiger partial charge is 0.497 e. The molecule has 0 atom stereocenters. The van der Waals surface area contributed by atoms with E-state index in [-0.39, 0.29) is 24.1 Å². The molecule has 7 heteroatoms. The maximum atomic E-state index is 13.1. The molecule has 2 aromatic rings. The van der Waals surface area contributed by atoms with Gasteiger partial charge in [0.1, 0.15) is 11.6 Å². The van der Waals surface area contributed by atoms with Crippen LogP contribution in [0.3, 0.4) is 0 Å². The third-order valence-electron chi connectivity index (χ3n) is 3.33. The monoisotopic (exact) mass is 344 g/mol. The van der Waals surface area contributed by atoms with Crippen molar-refractivity contribution < 1.29 is 13.9 Å². The zero-order valence-electron chi connectivity index (χ0n) is 14.0. The van der Waals surface area contributed by atoms with Crippen molar-refractivity contribution in [3.8, 4) is 5.75 Å². The fourth-order valence-electron chi connectivity index (χ4n) is 2.13. The number of hydrogen-bond donors (Lipinski definition) is 3. The molecule has 0 radical (unpaired) electrons. The van der Waals surface area contributed by atoms with Gasteiger partial charge < -0.3 is 21.1 Å². The second kappa shape index (κ2) is 9.27. The third kappa shape index (κ3) is 6.50. The van der Waals surface area contributed by atoms with E-state index in [1.807, 2.05) is 24.3 Å². The standard InChI is InChI=1S/C18H21FN4O2/c1-25-16-7-5-15(6-8-16)23-18(20)22-10-9-21-17(24)12-13-3-2-4-14(19)11-13/h2-8,11H,9-10,12H2,1H3,(H,21,24)(H3,20,22,23). The lowest BCUT2D eigenvalue weighted by molar-refractivity contribution is -0.120. The molecule has 4 N–H and O–H groups in total. The van der Waals surface area contributed by atoms with Crippen molar-refractivity contribution >= 4 is 17.6 Å². The van der Waals surface area contributed by atoms with Gasteiger partial charge in [0.25, 0.3) is 0 Å². The molecule has 0 aliphatic heterocycles. The minimum atomic E-state index is -0.354. The summed E-state index contributed by atoms with van der Waals surface area (Å²) in [5, 5.41) is 5.66. The van der Waals surface area contributed by atoms with Gasteiger partial charge in [-0.2, -0.15) is 0 Å². The van der Waals surface area contributed by atoms with E-state index in [1.165, 1.54) is 12.1 Å². The second-order valence-corrected chi connectivity index (χ2v) is 5.28. The van der Waals surface area contributed by atoms with E-state index >= 15 is 0 Å². The molecule has 1 amide bonds. The predicted octanol–water partition coefficient (Wildman–Crippen LogP) is 1.92. The van der Waals surface area contributed by atoms with Crippen molar-refractivity contribution in [1.82, 2.24) is 5.32 Å². The quantitative estimate of drug-likeness (QED) is 0.407. The minimum absolute atomic E-state index is 0.126. The zero-order valence-corrected chi connectivity index (χ0v) is 14.0. The summed E-state index contributed by atoms with van der Waals surface area (Å²) in [6, 6.07) is 13.2. The van der Waals surface area contributed by atoms with Crippen molar-refractivity contribution in [2.75, 3.05) is 25.5 Å². The summed E-state index contributed by atoms with van der Waals surface area (Å²) in [5.41, 5.74) is 7.20. The number of carbonyl (C=O) groups is 1. The van der Waals surface area contributed by atoms with E-state index in [4.69, 9.17) is 10.5 Å². The zero-order chi connectivity index (χ0) is 18.1. The number of methoxy groups -OCH3 is 1. The van der Waals surface area contributed by atoms with E-state index in [0.717, 1.165) is 11.4 Å². The van der Waals surface area contributed by atoms with Crippen LogP contribution >= 0.6 is 0 Å². The second-order valence-electron chi connectivity index (χ2n) is 5.28. The Bertz CT molecular complexity index is 732. The molecule has 0 spiro atoms. The number of hydrogen-bond acceptors (Lipinski definition) is 3. The van der Waals surface area contributed by atoms with Crippen LogP contribution in [-0.4, -0.2) is 32.1 Å². The fourth-order valence-corrected chi connectivity index (χ4v) is 2.13. The third-order valence-corrected chi connectivity index (χ3v) is 3.33. The van der Waals surface area contributed by atoms with Crippen molar-refractivity contribution in [1.29, 1.82) is 0 Å². The Kier molecular flexibility index (Phi) is 6.76. The SMILES string of the molecule is COc1ccc(NC(N)=NCCNC(=O)Cc2cccc(F)c2)cc1. The highest BCUT2D eigenvalue weighted by Gasteiger charge is 2.03. The number of halogens is 1. The first-order chi connectivity index (χ1) is 12.1. The van der Waals surface area contributed by atoms with Crippen LogP contribution in [0.4, 0.5) is 10.1 Å². The van der Waals surface area contributed by atoms with Gasteiger partial charge in [-0.15, -0.1) is 0 Å². The minimum Gasteiger partial charge on any atom is -0.497 e. The molecule has 0 fully saturated rings. The molecule has 6 nitrogen and oxygen atoms in total. The number of carbonyl (C=O) groups excluding carboxylic acids is 1. The Labute approximate surface area is 145 Å². The van der Waals surface area contributed by atoms with E-state index in [9.17, 15) is 9.18 Å². The number of amides is 1. The normalized spacial score (nSPS) is 11.0. The summed E-state index contributed by atoms with van der Waals surface area (Å²) >= 11 is 0. The molecule has 2 rings (SSSR count). The number of aliphatic imine (C=N–C) groups is 1. The first-order valence-corrected chi connectivity index (χ1v) is 7.79. The van der Waals surface area contributed by atoms with Crippen LogP contribution in [0, 0.1) is 5.82 Å². The van der Waals surface area contributed by atoms with Crippen molar-refractivity contribution in [3.63, 3.8) is 0 Å². The van der Waals surface area contributed by atoms with Crippen LogP contribution in [0.5, 0.6) is 5.75 Å². The molecule has 0 saturated carbocycles. The maximum absolute atomic E-state index is 13.1. The molecule has 0 saturated heterocycles. The van der Waals surface area contributed by atoms with Gasteiger partial charge in [0, 0.05) is 12.2 Å². The molecule has 0 unspecified atom stereocenters. The van der Waals surface area contributed by atoms with Crippen LogP contribution in [0.2, 0.25) is 0 Å². The average Bonchev–Trinajstić information content (AvgIpc) is 2.59. The fraction of sp³-hybridized carbons (Fsp3) is 0.222. The van der Waals surface area contributed by atoms with Crippen molar-refractivity contribution in [2.45, 2.75) is 6.42 Å². The lowest BCUT2D eigenvalue weighted by atomic mass is 10.1. The smallest absolute Gasteiger partial charge is 0.224 e. The average molecular weight is 344 g/mol.